The molecule has 0 spiro atoms. The molecule has 13 heavy (non-hydrogen) atoms. The van der Waals surface area contributed by atoms with E-state index in [0.717, 1.165) is 6.42 Å². The van der Waals surface area contributed by atoms with Crippen LogP contribution in [-0.4, -0.2) is 22.0 Å². The molecular weight excluding hydrogens is 228 g/mol. The van der Waals surface area contributed by atoms with Crippen molar-refractivity contribution in [3.63, 3.8) is 0 Å². The number of hydrogen-bond donors (Lipinski definition) is 0. The Hall–Kier alpha value is 0.540. The molecule has 78 valence electrons. The van der Waals surface area contributed by atoms with Crippen LogP contribution in [0.2, 0.25) is 0 Å². The van der Waals surface area contributed by atoms with Crippen molar-refractivity contribution < 1.29 is 0 Å². The summed E-state index contributed by atoms with van der Waals surface area (Å²) in [5.41, 5.74) is -0.129. The van der Waals surface area contributed by atoms with Crippen LogP contribution in [0.3, 0.4) is 0 Å². The third kappa shape index (κ3) is 8.86. The van der Waals surface area contributed by atoms with Crippen LogP contribution in [0.15, 0.2) is 4.99 Å². The first-order chi connectivity index (χ1) is 5.77. The second kappa shape index (κ2) is 5.43. The van der Waals surface area contributed by atoms with E-state index in [1.165, 1.54) is 0 Å². The number of alkyl halides is 3. The predicted octanol–water partition coefficient (Wildman–Crippen LogP) is 4.05. The minimum atomic E-state index is -0.873. The van der Waals surface area contributed by atoms with Gasteiger partial charge >= 0.3 is 0 Å². The smallest absolute Gasteiger partial charge is 0.152 e. The number of rotatable bonds is 4. The van der Waals surface area contributed by atoms with Gasteiger partial charge in [0.15, 0.2) is 4.33 Å². The highest BCUT2D eigenvalue weighted by Gasteiger charge is 2.21. The van der Waals surface area contributed by atoms with Crippen molar-refractivity contribution in [1.29, 1.82) is 0 Å². The highest BCUT2D eigenvalue weighted by Crippen LogP contribution is 2.25. The van der Waals surface area contributed by atoms with E-state index >= 15 is 0 Å². The van der Waals surface area contributed by atoms with Crippen molar-refractivity contribution in [2.45, 2.75) is 43.5 Å². The lowest BCUT2D eigenvalue weighted by Gasteiger charge is -2.17. The Bertz CT molecular complexity index is 170. The van der Waals surface area contributed by atoms with Gasteiger partial charge in [0, 0.05) is 12.1 Å². The number of aliphatic imine (C=N–C) groups is 1. The fourth-order valence-electron chi connectivity index (χ4n) is 0.655. The highest BCUT2D eigenvalue weighted by atomic mass is 35.5. The van der Waals surface area contributed by atoms with Gasteiger partial charge in [-0.05, 0) is 33.6 Å². The van der Waals surface area contributed by atoms with E-state index in [2.05, 4.69) is 4.99 Å². The molecule has 0 heterocycles. The maximum Gasteiger partial charge on any atom is 0.152 e. The van der Waals surface area contributed by atoms with Gasteiger partial charge in [-0.3, -0.25) is 4.99 Å². The van der Waals surface area contributed by atoms with Gasteiger partial charge < -0.3 is 0 Å². The molecule has 0 saturated heterocycles. The van der Waals surface area contributed by atoms with Crippen LogP contribution < -0.4 is 0 Å². The molecule has 0 amide bonds. The molecule has 0 aliphatic heterocycles. The van der Waals surface area contributed by atoms with E-state index in [1.54, 1.807) is 6.21 Å². The van der Waals surface area contributed by atoms with Crippen molar-refractivity contribution >= 4 is 41.0 Å². The molecule has 0 aliphatic rings. The standard InChI is InChI=1S/C9H16Cl3N/c1-8(2,3)13-7-9(11,12)5-4-6-10/h7H,4-6H2,1-3H3. The van der Waals surface area contributed by atoms with Crippen LogP contribution >= 0.6 is 34.8 Å². The first kappa shape index (κ1) is 13.5. The zero-order valence-electron chi connectivity index (χ0n) is 8.28. The van der Waals surface area contributed by atoms with E-state index in [4.69, 9.17) is 34.8 Å². The molecule has 0 aliphatic carbocycles. The maximum absolute atomic E-state index is 5.98. The van der Waals surface area contributed by atoms with Crippen molar-refractivity contribution in [1.82, 2.24) is 0 Å². The number of hydrogen-bond acceptors (Lipinski definition) is 1. The largest absolute Gasteiger partial charge is 0.289 e. The van der Waals surface area contributed by atoms with Crippen LogP contribution in [0, 0.1) is 0 Å². The molecule has 0 rings (SSSR count). The monoisotopic (exact) mass is 243 g/mol. The summed E-state index contributed by atoms with van der Waals surface area (Å²) in [5.74, 6) is 0.574. The summed E-state index contributed by atoms with van der Waals surface area (Å²) < 4.78 is -0.873. The molecule has 0 aromatic carbocycles. The Morgan fingerprint density at radius 2 is 1.77 bits per heavy atom. The summed E-state index contributed by atoms with van der Waals surface area (Å²) in [5, 5.41) is 0. The fraction of sp³-hybridized carbons (Fsp3) is 0.889. The molecule has 0 saturated carbocycles. The molecule has 4 heteroatoms. The third-order valence-corrected chi connectivity index (χ3v) is 2.12. The quantitative estimate of drug-likeness (QED) is 0.523. The van der Waals surface area contributed by atoms with E-state index in [0.29, 0.717) is 12.3 Å². The molecule has 0 bridgehead atoms. The Balaban J connectivity index is 4.08. The van der Waals surface area contributed by atoms with E-state index in [1.807, 2.05) is 20.8 Å². The second-order valence-corrected chi connectivity index (χ2v) is 5.90. The van der Waals surface area contributed by atoms with Crippen molar-refractivity contribution in [2.75, 3.05) is 5.88 Å². The van der Waals surface area contributed by atoms with Crippen LogP contribution in [-0.2, 0) is 0 Å². The SMILES string of the molecule is CC(C)(C)N=CC(Cl)(Cl)CCCCl. The molecule has 0 N–H and O–H groups in total. The molecule has 0 fully saturated rings. The number of halogens is 3. The second-order valence-electron chi connectivity index (χ2n) is 3.98. The minimum Gasteiger partial charge on any atom is -0.289 e. The zero-order chi connectivity index (χ0) is 10.5. The van der Waals surface area contributed by atoms with E-state index in [-0.39, 0.29) is 5.54 Å². The number of nitrogens with zero attached hydrogens (tertiary/aromatic N) is 1. The molecule has 0 atom stereocenters. The third-order valence-electron chi connectivity index (χ3n) is 1.28. The van der Waals surface area contributed by atoms with Gasteiger partial charge in [0.2, 0.25) is 0 Å². The van der Waals surface area contributed by atoms with E-state index < -0.39 is 4.33 Å². The lowest BCUT2D eigenvalue weighted by Crippen LogP contribution is -2.19. The van der Waals surface area contributed by atoms with Crippen LogP contribution in [0.1, 0.15) is 33.6 Å². The lowest BCUT2D eigenvalue weighted by atomic mass is 10.1. The molecular formula is C9H16Cl3N. The average Bonchev–Trinajstić information content (AvgIpc) is 1.97. The highest BCUT2D eigenvalue weighted by molar-refractivity contribution is 6.56. The minimum absolute atomic E-state index is 0.129. The molecule has 0 aromatic rings. The topological polar surface area (TPSA) is 12.4 Å². The normalized spacial score (nSPS) is 14.0. The Labute approximate surface area is 95.5 Å². The Kier molecular flexibility index (Phi) is 5.65. The first-order valence-electron chi connectivity index (χ1n) is 4.27. The molecule has 1 nitrogen and oxygen atoms in total. The summed E-state index contributed by atoms with van der Waals surface area (Å²) in [6.45, 7) is 5.98. The summed E-state index contributed by atoms with van der Waals surface area (Å²) in [6.07, 6.45) is 3.03. The summed E-state index contributed by atoms with van der Waals surface area (Å²) in [6, 6.07) is 0. The molecule has 0 radical (unpaired) electrons. The fourth-order valence-corrected chi connectivity index (χ4v) is 1.15. The van der Waals surface area contributed by atoms with Gasteiger partial charge in [-0.1, -0.05) is 23.2 Å². The average molecular weight is 245 g/mol. The van der Waals surface area contributed by atoms with Gasteiger partial charge in [0.05, 0.1) is 5.54 Å². The maximum atomic E-state index is 5.98. The molecule has 0 unspecified atom stereocenters. The Morgan fingerprint density at radius 1 is 1.23 bits per heavy atom. The summed E-state index contributed by atoms with van der Waals surface area (Å²) in [7, 11) is 0. The van der Waals surface area contributed by atoms with Crippen LogP contribution in [0.5, 0.6) is 0 Å². The predicted molar refractivity (Wildman–Crippen MR) is 62.6 cm³/mol. The van der Waals surface area contributed by atoms with Crippen LogP contribution in [0.4, 0.5) is 0 Å². The van der Waals surface area contributed by atoms with Gasteiger partial charge in [0.1, 0.15) is 0 Å². The molecule has 0 aromatic heterocycles. The summed E-state index contributed by atoms with van der Waals surface area (Å²) in [4.78, 5) is 4.25. The lowest BCUT2D eigenvalue weighted by molar-refractivity contribution is 0.583. The van der Waals surface area contributed by atoms with Gasteiger partial charge in [-0.2, -0.15) is 0 Å². The zero-order valence-corrected chi connectivity index (χ0v) is 10.5. The Morgan fingerprint density at radius 3 is 2.15 bits per heavy atom. The van der Waals surface area contributed by atoms with E-state index in [9.17, 15) is 0 Å². The first-order valence-corrected chi connectivity index (χ1v) is 5.56. The summed E-state index contributed by atoms with van der Waals surface area (Å²) >= 11 is 17.5. The van der Waals surface area contributed by atoms with Gasteiger partial charge in [-0.25, -0.2) is 0 Å². The van der Waals surface area contributed by atoms with Crippen molar-refractivity contribution in [3.8, 4) is 0 Å². The van der Waals surface area contributed by atoms with Gasteiger partial charge in [0.25, 0.3) is 0 Å². The van der Waals surface area contributed by atoms with Crippen molar-refractivity contribution in [3.05, 3.63) is 0 Å². The van der Waals surface area contributed by atoms with Gasteiger partial charge in [-0.15, -0.1) is 11.6 Å². The van der Waals surface area contributed by atoms with Crippen LogP contribution in [0.25, 0.3) is 0 Å². The van der Waals surface area contributed by atoms with Crippen molar-refractivity contribution in [2.24, 2.45) is 4.99 Å².